The molecule has 1 unspecified atom stereocenters. The Hall–Kier alpha value is -1.98. The van der Waals surface area contributed by atoms with Crippen molar-refractivity contribution in [1.29, 1.82) is 0 Å². The maximum atomic E-state index is 9.27. The van der Waals surface area contributed by atoms with Crippen LogP contribution in [0.1, 0.15) is 0 Å². The molecule has 0 radical (unpaired) electrons. The van der Waals surface area contributed by atoms with Gasteiger partial charge in [0.1, 0.15) is 0 Å². The van der Waals surface area contributed by atoms with Gasteiger partial charge in [0.15, 0.2) is 0 Å². The molecular weight excluding hydrogens is 232 g/mol. The number of furan rings is 1. The van der Waals surface area contributed by atoms with Crippen molar-refractivity contribution in [3.8, 4) is 11.1 Å². The standard InChI is InChI=1S/C13H16N2O3/c14-13-2-1-10(15-6-11(17)7-16)5-12(13)9-3-4-18-8-9/h1-5,8,11,15-17H,6-7,14H2. The molecule has 18 heavy (non-hydrogen) atoms. The van der Waals surface area contributed by atoms with Crippen LogP contribution in [-0.4, -0.2) is 29.5 Å². The van der Waals surface area contributed by atoms with Gasteiger partial charge in [-0.05, 0) is 24.3 Å². The van der Waals surface area contributed by atoms with Crippen LogP contribution in [0.25, 0.3) is 11.1 Å². The van der Waals surface area contributed by atoms with Gasteiger partial charge in [0.25, 0.3) is 0 Å². The Labute approximate surface area is 105 Å². The van der Waals surface area contributed by atoms with E-state index in [1.54, 1.807) is 18.6 Å². The molecular formula is C13H16N2O3. The highest BCUT2D eigenvalue weighted by Gasteiger charge is 2.06. The number of hydrogen-bond acceptors (Lipinski definition) is 5. The Morgan fingerprint density at radius 2 is 2.17 bits per heavy atom. The molecule has 0 spiro atoms. The van der Waals surface area contributed by atoms with Crippen molar-refractivity contribution in [2.45, 2.75) is 6.10 Å². The van der Waals surface area contributed by atoms with Crippen LogP contribution in [0.2, 0.25) is 0 Å². The molecule has 96 valence electrons. The Kier molecular flexibility index (Phi) is 3.86. The van der Waals surface area contributed by atoms with Gasteiger partial charge in [-0.2, -0.15) is 0 Å². The first-order chi connectivity index (χ1) is 8.70. The summed E-state index contributed by atoms with van der Waals surface area (Å²) in [5.74, 6) is 0. The monoisotopic (exact) mass is 248 g/mol. The second kappa shape index (κ2) is 5.57. The lowest BCUT2D eigenvalue weighted by molar-refractivity contribution is 0.105. The minimum absolute atomic E-state index is 0.267. The largest absolute Gasteiger partial charge is 0.472 e. The summed E-state index contributed by atoms with van der Waals surface area (Å²) in [5, 5.41) is 21.0. The minimum atomic E-state index is -0.778. The summed E-state index contributed by atoms with van der Waals surface area (Å²) in [5.41, 5.74) is 9.16. The zero-order valence-electron chi connectivity index (χ0n) is 9.84. The van der Waals surface area contributed by atoms with E-state index in [1.165, 1.54) is 0 Å². The molecule has 0 saturated carbocycles. The van der Waals surface area contributed by atoms with Crippen molar-refractivity contribution in [1.82, 2.24) is 0 Å². The predicted octanol–water partition coefficient (Wildman–Crippen LogP) is 1.29. The second-order valence-corrected chi connectivity index (χ2v) is 4.03. The first-order valence-electron chi connectivity index (χ1n) is 5.65. The van der Waals surface area contributed by atoms with Gasteiger partial charge in [-0.3, -0.25) is 0 Å². The first kappa shape index (κ1) is 12.5. The van der Waals surface area contributed by atoms with Crippen LogP contribution in [-0.2, 0) is 0 Å². The fraction of sp³-hybridized carbons (Fsp3) is 0.231. The van der Waals surface area contributed by atoms with E-state index in [1.807, 2.05) is 18.2 Å². The van der Waals surface area contributed by atoms with E-state index in [-0.39, 0.29) is 13.2 Å². The summed E-state index contributed by atoms with van der Waals surface area (Å²) in [6.07, 6.45) is 2.43. The molecule has 2 aromatic rings. The van der Waals surface area contributed by atoms with Gasteiger partial charge in [-0.25, -0.2) is 0 Å². The molecule has 5 nitrogen and oxygen atoms in total. The Morgan fingerprint density at radius 1 is 1.33 bits per heavy atom. The van der Waals surface area contributed by atoms with E-state index in [4.69, 9.17) is 15.3 Å². The average Bonchev–Trinajstić information content (AvgIpc) is 2.91. The number of aliphatic hydroxyl groups excluding tert-OH is 2. The molecule has 0 fully saturated rings. The third kappa shape index (κ3) is 2.82. The quantitative estimate of drug-likeness (QED) is 0.598. The second-order valence-electron chi connectivity index (χ2n) is 4.03. The van der Waals surface area contributed by atoms with Gasteiger partial charge in [0.2, 0.25) is 0 Å². The van der Waals surface area contributed by atoms with Gasteiger partial charge >= 0.3 is 0 Å². The smallest absolute Gasteiger partial charge is 0.0981 e. The molecule has 2 rings (SSSR count). The molecule has 0 saturated heterocycles. The molecule has 0 aliphatic rings. The Bertz CT molecular complexity index is 497. The summed E-state index contributed by atoms with van der Waals surface area (Å²) in [6.45, 7) is 0.0157. The summed E-state index contributed by atoms with van der Waals surface area (Å²) < 4.78 is 5.03. The number of benzene rings is 1. The van der Waals surface area contributed by atoms with Gasteiger partial charge in [-0.15, -0.1) is 0 Å². The number of nitrogens with two attached hydrogens (primary N) is 1. The van der Waals surface area contributed by atoms with Crippen molar-refractivity contribution in [2.24, 2.45) is 0 Å². The molecule has 0 aliphatic heterocycles. The van der Waals surface area contributed by atoms with Gasteiger partial charge in [0.05, 0.1) is 25.2 Å². The third-order valence-electron chi connectivity index (χ3n) is 2.64. The maximum absolute atomic E-state index is 9.27. The highest BCUT2D eigenvalue weighted by atomic mass is 16.3. The number of rotatable bonds is 5. The summed E-state index contributed by atoms with van der Waals surface area (Å²) >= 11 is 0. The van der Waals surface area contributed by atoms with E-state index in [0.717, 1.165) is 16.8 Å². The van der Waals surface area contributed by atoms with Crippen LogP contribution in [0.4, 0.5) is 11.4 Å². The van der Waals surface area contributed by atoms with Gasteiger partial charge in [-0.1, -0.05) is 0 Å². The fourth-order valence-corrected chi connectivity index (χ4v) is 1.63. The van der Waals surface area contributed by atoms with Crippen LogP contribution in [0.15, 0.2) is 41.2 Å². The van der Waals surface area contributed by atoms with Crippen molar-refractivity contribution in [3.63, 3.8) is 0 Å². The van der Waals surface area contributed by atoms with E-state index in [9.17, 15) is 5.11 Å². The maximum Gasteiger partial charge on any atom is 0.0981 e. The normalized spacial score (nSPS) is 12.3. The minimum Gasteiger partial charge on any atom is -0.472 e. The molecule has 5 heteroatoms. The summed E-state index contributed by atoms with van der Waals surface area (Å²) in [6, 6.07) is 7.32. The number of nitrogen functional groups attached to an aromatic ring is 1. The molecule has 0 bridgehead atoms. The van der Waals surface area contributed by atoms with E-state index < -0.39 is 6.10 Å². The third-order valence-corrected chi connectivity index (χ3v) is 2.64. The van der Waals surface area contributed by atoms with Crippen molar-refractivity contribution >= 4 is 11.4 Å². The number of hydrogen-bond donors (Lipinski definition) is 4. The van der Waals surface area contributed by atoms with Crippen LogP contribution >= 0.6 is 0 Å². The Balaban J connectivity index is 2.17. The Morgan fingerprint density at radius 3 is 2.83 bits per heavy atom. The van der Waals surface area contributed by atoms with Crippen LogP contribution in [0.3, 0.4) is 0 Å². The lowest BCUT2D eigenvalue weighted by atomic mass is 10.1. The SMILES string of the molecule is Nc1ccc(NCC(O)CO)cc1-c1ccoc1. The average molecular weight is 248 g/mol. The molecule has 1 heterocycles. The van der Waals surface area contributed by atoms with E-state index in [2.05, 4.69) is 5.32 Å². The predicted molar refractivity (Wildman–Crippen MR) is 70.1 cm³/mol. The van der Waals surface area contributed by atoms with Crippen LogP contribution in [0.5, 0.6) is 0 Å². The lowest BCUT2D eigenvalue weighted by Gasteiger charge is -2.12. The highest BCUT2D eigenvalue weighted by Crippen LogP contribution is 2.29. The number of nitrogens with one attached hydrogen (secondary N) is 1. The number of anilines is 2. The lowest BCUT2D eigenvalue weighted by Crippen LogP contribution is -2.22. The molecule has 1 aromatic carbocycles. The van der Waals surface area contributed by atoms with Gasteiger partial charge < -0.3 is 25.7 Å². The fourth-order valence-electron chi connectivity index (χ4n) is 1.63. The highest BCUT2D eigenvalue weighted by molar-refractivity contribution is 5.79. The molecule has 1 aromatic heterocycles. The van der Waals surface area contributed by atoms with E-state index >= 15 is 0 Å². The zero-order chi connectivity index (χ0) is 13.0. The molecule has 0 amide bonds. The summed E-state index contributed by atoms with van der Waals surface area (Å²) in [4.78, 5) is 0. The zero-order valence-corrected chi connectivity index (χ0v) is 9.84. The molecule has 0 aliphatic carbocycles. The topological polar surface area (TPSA) is 91.7 Å². The summed E-state index contributed by atoms with van der Waals surface area (Å²) in [7, 11) is 0. The molecule has 1 atom stereocenters. The molecule has 5 N–H and O–H groups in total. The van der Waals surface area contributed by atoms with Crippen molar-refractivity contribution in [3.05, 3.63) is 36.8 Å². The van der Waals surface area contributed by atoms with E-state index in [0.29, 0.717) is 5.69 Å². The van der Waals surface area contributed by atoms with Crippen molar-refractivity contribution < 1.29 is 14.6 Å². The first-order valence-corrected chi connectivity index (χ1v) is 5.65. The van der Waals surface area contributed by atoms with Gasteiger partial charge in [0, 0.05) is 29.0 Å². The van der Waals surface area contributed by atoms with Crippen LogP contribution < -0.4 is 11.1 Å². The van der Waals surface area contributed by atoms with Crippen molar-refractivity contribution in [2.75, 3.05) is 24.2 Å². The van der Waals surface area contributed by atoms with Crippen LogP contribution in [0, 0.1) is 0 Å². The number of aliphatic hydroxyl groups is 2.